The molecular formula is C18H16FN5O3. The molecule has 0 aliphatic carbocycles. The normalized spacial score (nSPS) is 11.4. The summed E-state index contributed by atoms with van der Waals surface area (Å²) in [4.78, 5) is 28.8. The van der Waals surface area contributed by atoms with Gasteiger partial charge in [-0.2, -0.15) is 0 Å². The maximum Gasteiger partial charge on any atom is 0.332 e. The highest BCUT2D eigenvalue weighted by Crippen LogP contribution is 2.26. The third-order valence-corrected chi connectivity index (χ3v) is 4.66. The summed E-state index contributed by atoms with van der Waals surface area (Å²) in [6.45, 7) is 2.10. The summed E-state index contributed by atoms with van der Waals surface area (Å²) in [7, 11) is 2.99. The van der Waals surface area contributed by atoms with E-state index in [0.717, 1.165) is 10.1 Å². The molecule has 0 unspecified atom stereocenters. The lowest BCUT2D eigenvalue weighted by molar-refractivity contribution is 0.421. The van der Waals surface area contributed by atoms with Crippen LogP contribution in [0.25, 0.3) is 22.5 Å². The molecule has 4 rings (SSSR count). The summed E-state index contributed by atoms with van der Waals surface area (Å²) in [5, 5.41) is 4.09. The van der Waals surface area contributed by atoms with Crippen LogP contribution >= 0.6 is 0 Å². The van der Waals surface area contributed by atoms with Crippen LogP contribution < -0.4 is 11.2 Å². The van der Waals surface area contributed by atoms with Crippen molar-refractivity contribution in [3.05, 3.63) is 68.5 Å². The Morgan fingerprint density at radius 1 is 1.11 bits per heavy atom. The van der Waals surface area contributed by atoms with Crippen molar-refractivity contribution in [2.45, 2.75) is 13.5 Å². The minimum absolute atomic E-state index is 0.250. The van der Waals surface area contributed by atoms with Crippen LogP contribution in [0.15, 0.2) is 44.7 Å². The number of aromatic nitrogens is 5. The molecule has 0 radical (unpaired) electrons. The van der Waals surface area contributed by atoms with Crippen LogP contribution in [-0.2, 0) is 20.6 Å². The van der Waals surface area contributed by atoms with Crippen molar-refractivity contribution in [2.24, 2.45) is 14.1 Å². The Balaban J connectivity index is 1.79. The molecule has 0 bridgehead atoms. The molecule has 0 saturated heterocycles. The van der Waals surface area contributed by atoms with Crippen LogP contribution in [0.3, 0.4) is 0 Å². The van der Waals surface area contributed by atoms with Crippen molar-refractivity contribution in [1.29, 1.82) is 0 Å². The van der Waals surface area contributed by atoms with Gasteiger partial charge < -0.3 is 9.09 Å². The van der Waals surface area contributed by atoms with Crippen molar-refractivity contribution in [2.75, 3.05) is 0 Å². The maximum absolute atomic E-state index is 13.1. The third-order valence-electron chi connectivity index (χ3n) is 4.66. The zero-order chi connectivity index (χ0) is 19.3. The number of fused-ring (bicyclic) bond motifs is 1. The van der Waals surface area contributed by atoms with E-state index in [4.69, 9.17) is 4.52 Å². The van der Waals surface area contributed by atoms with Gasteiger partial charge in [0.2, 0.25) is 0 Å². The maximum atomic E-state index is 13.1. The molecule has 0 spiro atoms. The lowest BCUT2D eigenvalue weighted by Crippen LogP contribution is -2.37. The van der Waals surface area contributed by atoms with Crippen LogP contribution in [0.1, 0.15) is 11.3 Å². The molecule has 0 aliphatic rings. The number of aryl methyl sites for hydroxylation is 1. The van der Waals surface area contributed by atoms with Crippen LogP contribution in [0.4, 0.5) is 4.39 Å². The van der Waals surface area contributed by atoms with E-state index in [1.165, 1.54) is 30.1 Å². The van der Waals surface area contributed by atoms with E-state index in [-0.39, 0.29) is 12.4 Å². The van der Waals surface area contributed by atoms with Gasteiger partial charge >= 0.3 is 5.69 Å². The highest BCUT2D eigenvalue weighted by atomic mass is 19.1. The average molecular weight is 369 g/mol. The fourth-order valence-electron chi connectivity index (χ4n) is 3.06. The van der Waals surface area contributed by atoms with Crippen LogP contribution in [0.2, 0.25) is 0 Å². The van der Waals surface area contributed by atoms with E-state index >= 15 is 0 Å². The van der Waals surface area contributed by atoms with Gasteiger partial charge in [-0.05, 0) is 31.2 Å². The number of rotatable bonds is 3. The quantitative estimate of drug-likeness (QED) is 0.547. The Morgan fingerprint density at radius 2 is 1.81 bits per heavy atom. The SMILES string of the molecule is Cc1c(Cn2cnc3c2c(=O)n(C)c(=O)n3C)noc1-c1ccc(F)cc1. The molecule has 3 heterocycles. The van der Waals surface area contributed by atoms with Gasteiger partial charge in [0.1, 0.15) is 11.5 Å². The van der Waals surface area contributed by atoms with Crippen molar-refractivity contribution in [1.82, 2.24) is 23.8 Å². The molecule has 0 aliphatic heterocycles. The number of halogens is 1. The summed E-state index contributed by atoms with van der Waals surface area (Å²) in [5.74, 6) is 0.206. The molecule has 0 amide bonds. The first kappa shape index (κ1) is 17.0. The number of imidazole rings is 1. The van der Waals surface area contributed by atoms with Gasteiger partial charge in [-0.3, -0.25) is 13.9 Å². The van der Waals surface area contributed by atoms with E-state index in [9.17, 15) is 14.0 Å². The molecule has 8 nitrogen and oxygen atoms in total. The van der Waals surface area contributed by atoms with E-state index < -0.39 is 11.2 Å². The van der Waals surface area contributed by atoms with Gasteiger partial charge in [0.05, 0.1) is 12.9 Å². The summed E-state index contributed by atoms with van der Waals surface area (Å²) in [6.07, 6.45) is 1.50. The van der Waals surface area contributed by atoms with E-state index in [1.807, 2.05) is 6.92 Å². The topological polar surface area (TPSA) is 87.9 Å². The zero-order valence-corrected chi connectivity index (χ0v) is 14.9. The van der Waals surface area contributed by atoms with Gasteiger partial charge in [-0.1, -0.05) is 5.16 Å². The first-order valence-corrected chi connectivity index (χ1v) is 8.20. The van der Waals surface area contributed by atoms with Gasteiger partial charge in [0, 0.05) is 25.2 Å². The minimum Gasteiger partial charge on any atom is -0.356 e. The first-order chi connectivity index (χ1) is 12.9. The summed E-state index contributed by atoms with van der Waals surface area (Å²) < 4.78 is 22.6. The monoisotopic (exact) mass is 369 g/mol. The van der Waals surface area contributed by atoms with Gasteiger partial charge in [0.15, 0.2) is 16.9 Å². The molecule has 0 atom stereocenters. The Labute approximate surface area is 152 Å². The zero-order valence-electron chi connectivity index (χ0n) is 14.9. The largest absolute Gasteiger partial charge is 0.356 e. The van der Waals surface area contributed by atoms with E-state index in [2.05, 4.69) is 10.1 Å². The van der Waals surface area contributed by atoms with Crippen molar-refractivity contribution >= 4 is 11.2 Å². The number of nitrogens with zero attached hydrogens (tertiary/aromatic N) is 5. The molecule has 138 valence electrons. The average Bonchev–Trinajstić information content (AvgIpc) is 3.24. The van der Waals surface area contributed by atoms with Gasteiger partial charge in [-0.25, -0.2) is 14.2 Å². The number of benzene rings is 1. The van der Waals surface area contributed by atoms with E-state index in [0.29, 0.717) is 28.2 Å². The van der Waals surface area contributed by atoms with Crippen LogP contribution in [0.5, 0.6) is 0 Å². The Bertz CT molecular complexity index is 1280. The number of hydrogen-bond donors (Lipinski definition) is 0. The lowest BCUT2D eigenvalue weighted by Gasteiger charge is -2.05. The second-order valence-electron chi connectivity index (χ2n) is 6.34. The van der Waals surface area contributed by atoms with Crippen molar-refractivity contribution in [3.8, 4) is 11.3 Å². The molecule has 9 heteroatoms. The predicted octanol–water partition coefficient (Wildman–Crippen LogP) is 1.58. The standard InChI is InChI=1S/C18H16FN5O3/c1-10-13(21-27-15(10)11-4-6-12(19)7-5-11)8-24-9-20-16-14(24)17(25)23(3)18(26)22(16)2/h4-7,9H,8H2,1-3H3. The molecule has 0 fully saturated rings. The number of hydrogen-bond acceptors (Lipinski definition) is 5. The highest BCUT2D eigenvalue weighted by molar-refractivity contribution is 5.70. The fourth-order valence-corrected chi connectivity index (χ4v) is 3.06. The smallest absolute Gasteiger partial charge is 0.332 e. The molecule has 0 saturated carbocycles. The van der Waals surface area contributed by atoms with Crippen LogP contribution in [0, 0.1) is 12.7 Å². The molecule has 3 aromatic heterocycles. The Kier molecular flexibility index (Phi) is 3.79. The first-order valence-electron chi connectivity index (χ1n) is 8.20. The predicted molar refractivity (Wildman–Crippen MR) is 96.0 cm³/mol. The summed E-state index contributed by atoms with van der Waals surface area (Å²) >= 11 is 0. The Morgan fingerprint density at radius 3 is 2.52 bits per heavy atom. The van der Waals surface area contributed by atoms with Crippen LogP contribution in [-0.4, -0.2) is 23.8 Å². The van der Waals surface area contributed by atoms with Gasteiger partial charge in [0.25, 0.3) is 5.56 Å². The molecule has 1 aromatic carbocycles. The minimum atomic E-state index is -0.436. The molecule has 27 heavy (non-hydrogen) atoms. The third kappa shape index (κ3) is 2.59. The molecule has 4 aromatic rings. The van der Waals surface area contributed by atoms with Gasteiger partial charge in [-0.15, -0.1) is 0 Å². The highest BCUT2D eigenvalue weighted by Gasteiger charge is 2.18. The van der Waals surface area contributed by atoms with E-state index in [1.54, 1.807) is 23.7 Å². The second kappa shape index (κ2) is 6.04. The van der Waals surface area contributed by atoms with Crippen molar-refractivity contribution < 1.29 is 8.91 Å². The molecule has 0 N–H and O–H groups in total. The van der Waals surface area contributed by atoms with Crippen molar-refractivity contribution in [3.63, 3.8) is 0 Å². The lowest BCUT2D eigenvalue weighted by atomic mass is 10.1. The summed E-state index contributed by atoms with van der Waals surface area (Å²) in [5.41, 5.74) is 1.86. The second-order valence-corrected chi connectivity index (χ2v) is 6.34. The summed E-state index contributed by atoms with van der Waals surface area (Å²) in [6, 6.07) is 5.94. The Hall–Kier alpha value is -3.49. The fraction of sp³-hybridized carbons (Fsp3) is 0.222. The molecular weight excluding hydrogens is 353 g/mol.